The predicted molar refractivity (Wildman–Crippen MR) is 90.8 cm³/mol. The number of ketones is 1. The van der Waals surface area contributed by atoms with Gasteiger partial charge in [0.05, 0.1) is 6.42 Å². The maximum absolute atomic E-state index is 12.2. The molecular formula is C19H23NO4. The number of aryl methyl sites for hydroxylation is 2. The second kappa shape index (κ2) is 8.43. The lowest BCUT2D eigenvalue weighted by Crippen LogP contribution is -2.35. The van der Waals surface area contributed by atoms with Crippen molar-refractivity contribution in [3.05, 3.63) is 47.5 Å². The van der Waals surface area contributed by atoms with Crippen LogP contribution in [-0.4, -0.2) is 30.3 Å². The van der Waals surface area contributed by atoms with E-state index in [0.717, 1.165) is 19.3 Å². The summed E-state index contributed by atoms with van der Waals surface area (Å²) in [6.07, 6.45) is 3.92. The Morgan fingerprint density at radius 3 is 2.75 bits per heavy atom. The molecule has 1 aromatic rings. The lowest BCUT2D eigenvalue weighted by molar-refractivity contribution is -0.154. The quantitative estimate of drug-likeness (QED) is 0.451. The summed E-state index contributed by atoms with van der Waals surface area (Å²) >= 11 is 0. The highest BCUT2D eigenvalue weighted by Crippen LogP contribution is 2.23. The van der Waals surface area contributed by atoms with Crippen molar-refractivity contribution in [3.63, 3.8) is 0 Å². The first-order valence-corrected chi connectivity index (χ1v) is 8.24. The van der Waals surface area contributed by atoms with E-state index in [1.807, 2.05) is 18.2 Å². The minimum absolute atomic E-state index is 0.0327. The highest BCUT2D eigenvalue weighted by atomic mass is 16.5. The zero-order chi connectivity index (χ0) is 17.5. The number of ether oxygens (including phenoxy) is 1. The molecule has 0 spiro atoms. The van der Waals surface area contributed by atoms with E-state index in [2.05, 4.69) is 11.9 Å². The van der Waals surface area contributed by atoms with Gasteiger partial charge in [-0.15, -0.1) is 6.58 Å². The SMILES string of the molecule is C=CCNC(=O)[C@@H](C)OC(=O)CCC(=O)c1ccc2c(c1)CCC2. The van der Waals surface area contributed by atoms with Crippen molar-refractivity contribution in [1.29, 1.82) is 0 Å². The molecule has 0 unspecified atom stereocenters. The molecule has 1 atom stereocenters. The van der Waals surface area contributed by atoms with Gasteiger partial charge in [-0.05, 0) is 43.4 Å². The average molecular weight is 329 g/mol. The summed E-state index contributed by atoms with van der Waals surface area (Å²) in [5.74, 6) is -1.01. The zero-order valence-electron chi connectivity index (χ0n) is 14.0. The van der Waals surface area contributed by atoms with Gasteiger partial charge in [-0.25, -0.2) is 0 Å². The average Bonchev–Trinajstić information content (AvgIpc) is 3.04. The molecule has 0 saturated carbocycles. The number of fused-ring (bicyclic) bond motifs is 1. The molecule has 0 radical (unpaired) electrons. The Hall–Kier alpha value is -2.43. The highest BCUT2D eigenvalue weighted by Gasteiger charge is 2.19. The Morgan fingerprint density at radius 2 is 2.00 bits per heavy atom. The first-order chi connectivity index (χ1) is 11.5. The fraction of sp³-hybridized carbons (Fsp3) is 0.421. The minimum Gasteiger partial charge on any atom is -0.453 e. The van der Waals surface area contributed by atoms with E-state index in [9.17, 15) is 14.4 Å². The summed E-state index contributed by atoms with van der Waals surface area (Å²) in [5.41, 5.74) is 3.18. The van der Waals surface area contributed by atoms with Crippen LogP contribution in [-0.2, 0) is 27.2 Å². The number of benzene rings is 1. The third-order valence-corrected chi connectivity index (χ3v) is 4.07. The van der Waals surface area contributed by atoms with Gasteiger partial charge in [0.1, 0.15) is 0 Å². The maximum atomic E-state index is 12.2. The number of hydrogen-bond acceptors (Lipinski definition) is 4. The van der Waals surface area contributed by atoms with Crippen LogP contribution in [0.2, 0.25) is 0 Å². The largest absolute Gasteiger partial charge is 0.453 e. The molecule has 0 bridgehead atoms. The fourth-order valence-corrected chi connectivity index (χ4v) is 2.73. The summed E-state index contributed by atoms with van der Waals surface area (Å²) in [5, 5.41) is 2.55. The topological polar surface area (TPSA) is 72.5 Å². The molecule has 1 amide bonds. The molecule has 24 heavy (non-hydrogen) atoms. The number of carbonyl (C=O) groups is 3. The van der Waals surface area contributed by atoms with E-state index < -0.39 is 12.1 Å². The lowest BCUT2D eigenvalue weighted by atomic mass is 10.0. The van der Waals surface area contributed by atoms with Crippen LogP contribution in [0.1, 0.15) is 47.7 Å². The van der Waals surface area contributed by atoms with Gasteiger partial charge in [0.25, 0.3) is 5.91 Å². The van der Waals surface area contributed by atoms with Crippen LogP contribution >= 0.6 is 0 Å². The summed E-state index contributed by atoms with van der Waals surface area (Å²) < 4.78 is 5.03. The number of amides is 1. The van der Waals surface area contributed by atoms with Crippen LogP contribution in [0.25, 0.3) is 0 Å². The van der Waals surface area contributed by atoms with Crippen LogP contribution in [0, 0.1) is 0 Å². The molecule has 0 heterocycles. The molecule has 0 fully saturated rings. The van der Waals surface area contributed by atoms with Crippen molar-refractivity contribution >= 4 is 17.7 Å². The molecule has 2 rings (SSSR count). The summed E-state index contributed by atoms with van der Waals surface area (Å²) in [6.45, 7) is 5.31. The monoisotopic (exact) mass is 329 g/mol. The Balaban J connectivity index is 1.80. The Labute approximate surface area is 142 Å². The number of rotatable bonds is 8. The van der Waals surface area contributed by atoms with Gasteiger partial charge in [-0.3, -0.25) is 14.4 Å². The van der Waals surface area contributed by atoms with Gasteiger partial charge in [0.2, 0.25) is 0 Å². The summed E-state index contributed by atoms with van der Waals surface area (Å²) in [4.78, 5) is 35.6. The van der Waals surface area contributed by atoms with Crippen molar-refractivity contribution in [1.82, 2.24) is 5.32 Å². The van der Waals surface area contributed by atoms with Crippen LogP contribution in [0.15, 0.2) is 30.9 Å². The molecule has 1 aromatic carbocycles. The van der Waals surface area contributed by atoms with Gasteiger partial charge in [-0.2, -0.15) is 0 Å². The van der Waals surface area contributed by atoms with E-state index in [4.69, 9.17) is 4.74 Å². The molecule has 1 aliphatic carbocycles. The third-order valence-electron chi connectivity index (χ3n) is 4.07. The van der Waals surface area contributed by atoms with Crippen LogP contribution < -0.4 is 5.32 Å². The molecule has 5 nitrogen and oxygen atoms in total. The van der Waals surface area contributed by atoms with Crippen molar-refractivity contribution < 1.29 is 19.1 Å². The minimum atomic E-state index is -0.882. The molecule has 5 heteroatoms. The Bertz CT molecular complexity index is 651. The number of carbonyl (C=O) groups excluding carboxylic acids is 3. The van der Waals surface area contributed by atoms with Gasteiger partial charge in [0.15, 0.2) is 11.9 Å². The number of Topliss-reactive ketones (excluding diaryl/α,β-unsaturated/α-hetero) is 1. The second-order valence-corrected chi connectivity index (χ2v) is 5.93. The first kappa shape index (κ1) is 17.9. The van der Waals surface area contributed by atoms with Gasteiger partial charge < -0.3 is 10.1 Å². The van der Waals surface area contributed by atoms with Crippen molar-refractivity contribution in [2.75, 3.05) is 6.54 Å². The van der Waals surface area contributed by atoms with Crippen molar-refractivity contribution in [3.8, 4) is 0 Å². The predicted octanol–water partition coefficient (Wildman–Crippen LogP) is 2.37. The van der Waals surface area contributed by atoms with Crippen molar-refractivity contribution in [2.24, 2.45) is 0 Å². The normalized spacial score (nSPS) is 13.7. The van der Waals surface area contributed by atoms with Gasteiger partial charge >= 0.3 is 5.97 Å². The fourth-order valence-electron chi connectivity index (χ4n) is 2.73. The van der Waals surface area contributed by atoms with Gasteiger partial charge in [0, 0.05) is 18.5 Å². The number of nitrogens with one attached hydrogen (secondary N) is 1. The highest BCUT2D eigenvalue weighted by molar-refractivity contribution is 5.98. The zero-order valence-corrected chi connectivity index (χ0v) is 14.0. The number of esters is 1. The maximum Gasteiger partial charge on any atom is 0.307 e. The van der Waals surface area contributed by atoms with E-state index >= 15 is 0 Å². The smallest absolute Gasteiger partial charge is 0.307 e. The summed E-state index contributed by atoms with van der Waals surface area (Å²) in [6, 6.07) is 5.75. The molecule has 0 aliphatic heterocycles. The van der Waals surface area contributed by atoms with E-state index in [1.54, 1.807) is 6.08 Å². The molecular weight excluding hydrogens is 306 g/mol. The molecule has 1 aliphatic rings. The molecule has 0 saturated heterocycles. The molecule has 1 N–H and O–H groups in total. The molecule has 128 valence electrons. The van der Waals surface area contributed by atoms with Crippen LogP contribution in [0.4, 0.5) is 0 Å². The molecule has 0 aromatic heterocycles. The van der Waals surface area contributed by atoms with Gasteiger partial charge in [-0.1, -0.05) is 18.2 Å². The second-order valence-electron chi connectivity index (χ2n) is 5.93. The number of hydrogen-bond donors (Lipinski definition) is 1. The first-order valence-electron chi connectivity index (χ1n) is 8.24. The van der Waals surface area contributed by atoms with Crippen LogP contribution in [0.3, 0.4) is 0 Å². The van der Waals surface area contributed by atoms with E-state index in [0.29, 0.717) is 12.1 Å². The van der Waals surface area contributed by atoms with Crippen LogP contribution in [0.5, 0.6) is 0 Å². The third kappa shape index (κ3) is 4.78. The Morgan fingerprint density at radius 1 is 1.25 bits per heavy atom. The summed E-state index contributed by atoms with van der Waals surface area (Å²) in [7, 11) is 0. The van der Waals surface area contributed by atoms with E-state index in [-0.39, 0.29) is 24.5 Å². The van der Waals surface area contributed by atoms with E-state index in [1.165, 1.54) is 18.1 Å². The standard InChI is InChI=1S/C19H23NO4/c1-3-11-20-19(23)13(2)24-18(22)10-9-17(21)16-8-7-14-5-4-6-15(14)12-16/h3,7-8,12-13H,1,4-6,9-11H2,2H3,(H,20,23)/t13-/m1/s1. The lowest BCUT2D eigenvalue weighted by Gasteiger charge is -2.12. The Kier molecular flexibility index (Phi) is 6.29. The van der Waals surface area contributed by atoms with Crippen molar-refractivity contribution in [2.45, 2.75) is 45.1 Å².